The number of anilines is 1. The summed E-state index contributed by atoms with van der Waals surface area (Å²) in [5, 5.41) is 33.9. The third-order valence-electron chi connectivity index (χ3n) is 4.39. The molecular formula is C16H16Cl3N3O6. The number of hydrogen-bond acceptors (Lipinski definition) is 8. The van der Waals surface area contributed by atoms with Gasteiger partial charge in [0.1, 0.15) is 23.8 Å². The highest BCUT2D eigenvalue weighted by Gasteiger charge is 2.50. The monoisotopic (exact) mass is 451 g/mol. The van der Waals surface area contributed by atoms with Gasteiger partial charge in [-0.1, -0.05) is 34.8 Å². The summed E-state index contributed by atoms with van der Waals surface area (Å²) in [6, 6.07) is 3.05. The number of nitrogens with one attached hydrogen (secondary N) is 1. The van der Waals surface area contributed by atoms with E-state index in [1.54, 1.807) is 0 Å². The first-order chi connectivity index (χ1) is 13.3. The van der Waals surface area contributed by atoms with Crippen LogP contribution in [0.2, 0.25) is 10.0 Å². The predicted molar refractivity (Wildman–Crippen MR) is 103 cm³/mol. The van der Waals surface area contributed by atoms with Gasteiger partial charge in [0.2, 0.25) is 0 Å². The van der Waals surface area contributed by atoms with Gasteiger partial charge in [-0.2, -0.15) is 0 Å². The van der Waals surface area contributed by atoms with Gasteiger partial charge in [-0.15, -0.1) is 5.10 Å². The van der Waals surface area contributed by atoms with E-state index >= 15 is 0 Å². The van der Waals surface area contributed by atoms with E-state index in [2.05, 4.69) is 21.1 Å². The second-order valence-electron chi connectivity index (χ2n) is 6.00. The highest BCUT2D eigenvalue weighted by Crippen LogP contribution is 2.47. The third-order valence-corrected chi connectivity index (χ3v) is 5.54. The van der Waals surface area contributed by atoms with Crippen molar-refractivity contribution in [3.63, 3.8) is 0 Å². The van der Waals surface area contributed by atoms with Crippen molar-refractivity contribution in [1.29, 1.82) is 0 Å². The average molecular weight is 453 g/mol. The van der Waals surface area contributed by atoms with E-state index in [0.717, 1.165) is 0 Å². The molecule has 9 nitrogen and oxygen atoms in total. The number of halogens is 3. The fourth-order valence-corrected chi connectivity index (χ4v) is 3.73. The van der Waals surface area contributed by atoms with Gasteiger partial charge < -0.3 is 29.7 Å². The molecule has 0 spiro atoms. The standard InChI is InChI=1S/C16H16Cl3N3O6/c1-27-16(26)21-20-4-7-6-2-8(17)9(18)3-10(6)22(14(7)19)15-13(25)12(24)11(5-23)28-15/h2-3,11-15,23-25H,5H2,1H3,(H,21,26)/t11-,12-,13-,14?,15-/m1/s1. The van der Waals surface area contributed by atoms with Crippen LogP contribution in [0.3, 0.4) is 0 Å². The number of hydrogen-bond donors (Lipinski definition) is 4. The summed E-state index contributed by atoms with van der Waals surface area (Å²) >= 11 is 18.8. The van der Waals surface area contributed by atoms with Crippen LogP contribution in [0.25, 0.3) is 5.57 Å². The number of nitrogens with zero attached hydrogens (tertiary/aromatic N) is 2. The first-order valence-electron chi connectivity index (χ1n) is 8.01. The van der Waals surface area contributed by atoms with Gasteiger partial charge >= 0.3 is 6.09 Å². The summed E-state index contributed by atoms with van der Waals surface area (Å²) < 4.78 is 10.00. The lowest BCUT2D eigenvalue weighted by molar-refractivity contribution is -0.0221. The van der Waals surface area contributed by atoms with Crippen molar-refractivity contribution in [1.82, 2.24) is 5.43 Å². The Balaban J connectivity index is 2.05. The fourth-order valence-electron chi connectivity index (χ4n) is 3.02. The normalized spacial score (nSPS) is 28.8. The number of aliphatic hydroxyl groups is 3. The van der Waals surface area contributed by atoms with Gasteiger partial charge in [-0.05, 0) is 12.1 Å². The maximum Gasteiger partial charge on any atom is 0.428 e. The number of hydrazone groups is 1. The molecule has 1 unspecified atom stereocenters. The molecule has 1 fully saturated rings. The van der Waals surface area contributed by atoms with Crippen molar-refractivity contribution in [2.75, 3.05) is 18.6 Å². The van der Waals surface area contributed by atoms with E-state index in [1.807, 2.05) is 0 Å². The maximum atomic E-state index is 11.2. The third kappa shape index (κ3) is 3.68. The number of benzene rings is 1. The molecule has 3 rings (SSSR count). The zero-order valence-corrected chi connectivity index (χ0v) is 16.6. The highest BCUT2D eigenvalue weighted by atomic mass is 35.5. The summed E-state index contributed by atoms with van der Waals surface area (Å²) in [6.45, 7) is -0.489. The Morgan fingerprint density at radius 3 is 2.64 bits per heavy atom. The number of methoxy groups -OCH3 is 1. The van der Waals surface area contributed by atoms with Crippen molar-refractivity contribution in [2.45, 2.75) is 30.0 Å². The van der Waals surface area contributed by atoms with E-state index < -0.39 is 42.7 Å². The molecule has 0 aliphatic carbocycles. The lowest BCUT2D eigenvalue weighted by atomic mass is 10.1. The smallest absolute Gasteiger partial charge is 0.428 e. The van der Waals surface area contributed by atoms with Crippen LogP contribution in [0.5, 0.6) is 0 Å². The minimum atomic E-state index is -1.36. The molecule has 4 N–H and O–H groups in total. The Morgan fingerprint density at radius 1 is 1.36 bits per heavy atom. The number of ether oxygens (including phenoxy) is 2. The molecule has 1 amide bonds. The maximum absolute atomic E-state index is 11.2. The van der Waals surface area contributed by atoms with E-state index in [0.29, 0.717) is 16.8 Å². The second kappa shape index (κ2) is 8.44. The summed E-state index contributed by atoms with van der Waals surface area (Å²) in [7, 11) is 1.18. The Kier molecular flexibility index (Phi) is 6.38. The van der Waals surface area contributed by atoms with Crippen LogP contribution in [0.1, 0.15) is 5.56 Å². The molecule has 2 heterocycles. The molecule has 2 aliphatic rings. The highest BCUT2D eigenvalue weighted by molar-refractivity contribution is 6.43. The van der Waals surface area contributed by atoms with Crippen molar-refractivity contribution in [3.05, 3.63) is 27.7 Å². The molecular weight excluding hydrogens is 437 g/mol. The summed E-state index contributed by atoms with van der Waals surface area (Å²) in [4.78, 5) is 12.6. The molecule has 2 aliphatic heterocycles. The van der Waals surface area contributed by atoms with Crippen LogP contribution in [0, 0.1) is 0 Å². The number of alkyl halides is 1. The number of fused-ring (bicyclic) bond motifs is 1. The molecule has 1 saturated heterocycles. The molecule has 0 aromatic heterocycles. The van der Waals surface area contributed by atoms with Crippen molar-refractivity contribution in [2.24, 2.45) is 5.10 Å². The molecule has 0 radical (unpaired) electrons. The predicted octanol–water partition coefficient (Wildman–Crippen LogP) is 1.14. The average Bonchev–Trinajstić information content (AvgIpc) is 3.09. The molecule has 1 aromatic carbocycles. The topological polar surface area (TPSA) is 124 Å². The van der Waals surface area contributed by atoms with E-state index in [4.69, 9.17) is 39.5 Å². The van der Waals surface area contributed by atoms with Gasteiger partial charge in [0, 0.05) is 11.4 Å². The quantitative estimate of drug-likeness (QED) is 0.235. The lowest BCUT2D eigenvalue weighted by Gasteiger charge is -2.31. The van der Waals surface area contributed by atoms with Gasteiger partial charge in [-0.25, -0.2) is 10.2 Å². The fraction of sp³-hybridized carbons (Fsp3) is 0.438. The van der Waals surface area contributed by atoms with Crippen LogP contribution < -0.4 is 10.3 Å². The Bertz CT molecular complexity index is 847. The molecule has 0 bridgehead atoms. The van der Waals surface area contributed by atoms with Crippen LogP contribution in [0.4, 0.5) is 10.5 Å². The number of carbonyl (C=O) groups excluding carboxylic acids is 1. The SMILES string of the molecule is COC(=O)NN=C=C1c2cc(Cl)c(Cl)cc2N([C@@H]2O[C@H](CO)[C@@H](O)[C@H]2O)C1Cl. The summed E-state index contributed by atoms with van der Waals surface area (Å²) in [6.07, 6.45) is -5.54. The van der Waals surface area contributed by atoms with Gasteiger partial charge in [0.05, 0.1) is 35.0 Å². The second-order valence-corrected chi connectivity index (χ2v) is 7.22. The lowest BCUT2D eigenvalue weighted by Crippen LogP contribution is -2.46. The van der Waals surface area contributed by atoms with E-state index in [9.17, 15) is 20.1 Å². The minimum Gasteiger partial charge on any atom is -0.452 e. The molecule has 1 aromatic rings. The van der Waals surface area contributed by atoms with E-state index in [-0.39, 0.29) is 10.0 Å². The number of aliphatic hydroxyl groups excluding tert-OH is 3. The molecule has 28 heavy (non-hydrogen) atoms. The largest absolute Gasteiger partial charge is 0.452 e. The van der Waals surface area contributed by atoms with Gasteiger partial charge in [0.15, 0.2) is 6.23 Å². The number of carbonyl (C=O) groups is 1. The number of amides is 1. The van der Waals surface area contributed by atoms with Crippen molar-refractivity contribution < 1.29 is 29.6 Å². The summed E-state index contributed by atoms with van der Waals surface area (Å²) in [5.41, 5.74) is 2.38. The van der Waals surface area contributed by atoms with E-state index in [1.165, 1.54) is 24.1 Å². The molecule has 152 valence electrons. The van der Waals surface area contributed by atoms with Crippen LogP contribution >= 0.6 is 34.8 Å². The van der Waals surface area contributed by atoms with Crippen LogP contribution in [-0.2, 0) is 9.47 Å². The van der Waals surface area contributed by atoms with Gasteiger partial charge in [-0.3, -0.25) is 0 Å². The Hall–Kier alpha value is -1.55. The minimum absolute atomic E-state index is 0.229. The molecule has 0 saturated carbocycles. The Morgan fingerprint density at radius 2 is 2.04 bits per heavy atom. The first kappa shape index (κ1) is 21.2. The van der Waals surface area contributed by atoms with Crippen LogP contribution in [0.15, 0.2) is 17.2 Å². The number of rotatable bonds is 3. The zero-order chi connectivity index (χ0) is 20.6. The molecule has 12 heteroatoms. The zero-order valence-electron chi connectivity index (χ0n) is 14.3. The Labute approximate surface area is 174 Å². The van der Waals surface area contributed by atoms with Gasteiger partial charge in [0.25, 0.3) is 0 Å². The van der Waals surface area contributed by atoms with Crippen LogP contribution in [-0.4, -0.2) is 71.0 Å². The molecule has 5 atom stereocenters. The van der Waals surface area contributed by atoms with Crippen molar-refractivity contribution >= 4 is 58.0 Å². The first-order valence-corrected chi connectivity index (χ1v) is 9.20. The van der Waals surface area contributed by atoms with Crippen molar-refractivity contribution in [3.8, 4) is 0 Å². The summed E-state index contributed by atoms with van der Waals surface area (Å²) in [5.74, 6) is 2.61.